The van der Waals surface area contributed by atoms with Crippen LogP contribution in [0.25, 0.3) is 0 Å². The van der Waals surface area contributed by atoms with Gasteiger partial charge in [0, 0.05) is 0 Å². The topological polar surface area (TPSA) is 149 Å². The van der Waals surface area contributed by atoms with E-state index in [4.69, 9.17) is 0 Å². The molecular formula is C14H12O8. The number of carbonyl (C=O) groups is 4. The molecule has 0 fully saturated rings. The molecule has 0 radical (unpaired) electrons. The number of aliphatic carboxylic acids is 4. The van der Waals surface area contributed by atoms with Gasteiger partial charge in [0.1, 0.15) is 0 Å². The Labute approximate surface area is 123 Å². The minimum Gasteiger partial charge on any atom is -0.481 e. The Balaban J connectivity index is 2.79. The van der Waals surface area contributed by atoms with Gasteiger partial charge < -0.3 is 20.4 Å². The van der Waals surface area contributed by atoms with Gasteiger partial charge in [0.05, 0.1) is 23.7 Å². The number of rotatable bonds is 4. The van der Waals surface area contributed by atoms with Crippen LogP contribution in [-0.2, 0) is 19.2 Å². The molecule has 0 aliphatic heterocycles. The molecule has 2 rings (SSSR count). The van der Waals surface area contributed by atoms with Crippen LogP contribution in [0.3, 0.4) is 0 Å². The quantitative estimate of drug-likeness (QED) is 0.625. The van der Waals surface area contributed by atoms with E-state index in [0.29, 0.717) is 0 Å². The zero-order valence-electron chi connectivity index (χ0n) is 11.0. The Hall–Kier alpha value is -2.90. The third-order valence-electron chi connectivity index (χ3n) is 3.87. The molecule has 0 saturated heterocycles. The molecule has 22 heavy (non-hydrogen) atoms. The van der Waals surface area contributed by atoms with Gasteiger partial charge in [-0.15, -0.1) is 0 Å². The van der Waals surface area contributed by atoms with E-state index in [2.05, 4.69) is 0 Å². The molecular weight excluding hydrogens is 296 g/mol. The summed E-state index contributed by atoms with van der Waals surface area (Å²) in [6.45, 7) is 0. The Morgan fingerprint density at radius 2 is 0.955 bits per heavy atom. The van der Waals surface area contributed by atoms with Crippen LogP contribution < -0.4 is 0 Å². The molecule has 116 valence electrons. The maximum atomic E-state index is 11.5. The van der Waals surface area contributed by atoms with Gasteiger partial charge in [-0.1, -0.05) is 24.3 Å². The van der Waals surface area contributed by atoms with Crippen molar-refractivity contribution in [2.75, 3.05) is 0 Å². The molecule has 0 amide bonds. The van der Waals surface area contributed by atoms with Crippen molar-refractivity contribution in [3.8, 4) is 0 Å². The molecule has 4 atom stereocenters. The average molecular weight is 308 g/mol. The van der Waals surface area contributed by atoms with Gasteiger partial charge in [-0.05, 0) is 11.1 Å². The van der Waals surface area contributed by atoms with Crippen molar-refractivity contribution < 1.29 is 39.6 Å². The van der Waals surface area contributed by atoms with E-state index in [0.717, 1.165) is 0 Å². The van der Waals surface area contributed by atoms with Gasteiger partial charge in [0.25, 0.3) is 0 Å². The summed E-state index contributed by atoms with van der Waals surface area (Å²) in [6, 6.07) is 5.54. The van der Waals surface area contributed by atoms with Gasteiger partial charge in [0.15, 0.2) is 0 Å². The number of benzene rings is 1. The first-order valence-corrected chi connectivity index (χ1v) is 6.27. The summed E-state index contributed by atoms with van der Waals surface area (Å²) >= 11 is 0. The van der Waals surface area contributed by atoms with E-state index in [-0.39, 0.29) is 11.1 Å². The minimum atomic E-state index is -1.87. The van der Waals surface area contributed by atoms with Gasteiger partial charge >= 0.3 is 23.9 Å². The predicted octanol–water partition coefficient (Wildman–Crippen LogP) is 0.438. The van der Waals surface area contributed by atoms with Crippen LogP contribution in [-0.4, -0.2) is 44.3 Å². The van der Waals surface area contributed by atoms with Gasteiger partial charge in [0.2, 0.25) is 0 Å². The molecule has 0 aromatic heterocycles. The Kier molecular flexibility index (Phi) is 3.85. The second-order valence-corrected chi connectivity index (χ2v) is 4.99. The lowest BCUT2D eigenvalue weighted by atomic mass is 9.63. The molecule has 0 saturated carbocycles. The largest absolute Gasteiger partial charge is 0.481 e. The molecule has 1 aromatic carbocycles. The van der Waals surface area contributed by atoms with Crippen molar-refractivity contribution in [3.05, 3.63) is 35.4 Å². The molecule has 8 nitrogen and oxygen atoms in total. The zero-order valence-corrected chi connectivity index (χ0v) is 11.0. The van der Waals surface area contributed by atoms with E-state index in [9.17, 15) is 39.6 Å². The highest BCUT2D eigenvalue weighted by Crippen LogP contribution is 2.47. The Bertz CT molecular complexity index is 608. The van der Waals surface area contributed by atoms with Crippen molar-refractivity contribution in [1.82, 2.24) is 0 Å². The fraction of sp³-hybridized carbons (Fsp3) is 0.286. The SMILES string of the molecule is O=C(O)C1c2ccccc2C(C(=O)O)C(C(=O)O)C1C(=O)O. The number of fused-ring (bicyclic) bond motifs is 1. The second-order valence-electron chi connectivity index (χ2n) is 4.99. The Morgan fingerprint density at radius 1 is 0.636 bits per heavy atom. The van der Waals surface area contributed by atoms with Gasteiger partial charge in [-0.25, -0.2) is 0 Å². The van der Waals surface area contributed by atoms with Crippen LogP contribution in [0, 0.1) is 11.8 Å². The van der Waals surface area contributed by atoms with Crippen molar-refractivity contribution in [2.24, 2.45) is 11.8 Å². The van der Waals surface area contributed by atoms with Crippen LogP contribution >= 0.6 is 0 Å². The van der Waals surface area contributed by atoms with E-state index in [1.165, 1.54) is 24.3 Å². The summed E-state index contributed by atoms with van der Waals surface area (Å²) in [6.07, 6.45) is 0. The second kappa shape index (κ2) is 5.47. The van der Waals surface area contributed by atoms with Gasteiger partial charge in [-0.3, -0.25) is 19.2 Å². The summed E-state index contributed by atoms with van der Waals surface area (Å²) in [7, 11) is 0. The monoisotopic (exact) mass is 308 g/mol. The highest BCUT2D eigenvalue weighted by Gasteiger charge is 2.54. The number of hydrogen-bond donors (Lipinski definition) is 4. The first-order valence-electron chi connectivity index (χ1n) is 6.27. The lowest BCUT2D eigenvalue weighted by molar-refractivity contribution is -0.164. The molecule has 8 heteroatoms. The van der Waals surface area contributed by atoms with Crippen LogP contribution in [0.5, 0.6) is 0 Å². The average Bonchev–Trinajstić information content (AvgIpc) is 2.43. The van der Waals surface area contributed by atoms with Crippen LogP contribution in [0.1, 0.15) is 23.0 Å². The molecule has 1 aromatic rings. The van der Waals surface area contributed by atoms with Crippen molar-refractivity contribution in [1.29, 1.82) is 0 Å². The highest BCUT2D eigenvalue weighted by molar-refractivity contribution is 5.95. The summed E-state index contributed by atoms with van der Waals surface area (Å²) in [5.74, 6) is -13.3. The highest BCUT2D eigenvalue weighted by atomic mass is 16.4. The first-order chi connectivity index (χ1) is 10.3. The molecule has 1 aliphatic carbocycles. The summed E-state index contributed by atoms with van der Waals surface area (Å²) in [5, 5.41) is 37.2. The third kappa shape index (κ3) is 2.28. The minimum absolute atomic E-state index is 0.0206. The summed E-state index contributed by atoms with van der Waals surface area (Å²) in [4.78, 5) is 45.8. The fourth-order valence-corrected chi connectivity index (χ4v) is 3.04. The fourth-order valence-electron chi connectivity index (χ4n) is 3.04. The molecule has 0 heterocycles. The maximum absolute atomic E-state index is 11.5. The van der Waals surface area contributed by atoms with Crippen molar-refractivity contribution in [3.63, 3.8) is 0 Å². The van der Waals surface area contributed by atoms with Gasteiger partial charge in [-0.2, -0.15) is 0 Å². The number of carboxylic acids is 4. The summed E-state index contributed by atoms with van der Waals surface area (Å²) < 4.78 is 0. The lowest BCUT2D eigenvalue weighted by Crippen LogP contribution is -2.46. The third-order valence-corrected chi connectivity index (χ3v) is 3.87. The van der Waals surface area contributed by atoms with E-state index >= 15 is 0 Å². The zero-order chi connectivity index (χ0) is 16.6. The molecule has 4 N–H and O–H groups in total. The molecule has 0 spiro atoms. The standard InChI is InChI=1S/C14H12O8/c15-11(16)7-5-3-1-2-4-6(5)8(12(17)18)10(14(21)22)9(7)13(19)20/h1-4,7-10H,(H,15,16)(H,17,18)(H,19,20)(H,21,22). The number of carboxylic acid groups (broad SMARTS) is 4. The molecule has 0 bridgehead atoms. The van der Waals surface area contributed by atoms with Crippen molar-refractivity contribution >= 4 is 23.9 Å². The Morgan fingerprint density at radius 3 is 1.18 bits per heavy atom. The van der Waals surface area contributed by atoms with E-state index in [1.807, 2.05) is 0 Å². The maximum Gasteiger partial charge on any atom is 0.311 e. The van der Waals surface area contributed by atoms with Crippen LogP contribution in [0.15, 0.2) is 24.3 Å². The van der Waals surface area contributed by atoms with E-state index < -0.39 is 47.5 Å². The molecule has 4 unspecified atom stereocenters. The number of hydrogen-bond acceptors (Lipinski definition) is 4. The van der Waals surface area contributed by atoms with Crippen LogP contribution in [0.4, 0.5) is 0 Å². The lowest BCUT2D eigenvalue weighted by Gasteiger charge is -2.36. The first kappa shape index (κ1) is 15.5. The predicted molar refractivity (Wildman–Crippen MR) is 69.4 cm³/mol. The molecule has 1 aliphatic rings. The van der Waals surface area contributed by atoms with Crippen molar-refractivity contribution in [2.45, 2.75) is 11.8 Å². The van der Waals surface area contributed by atoms with Crippen LogP contribution in [0.2, 0.25) is 0 Å². The normalized spacial score (nSPS) is 26.7. The summed E-state index contributed by atoms with van der Waals surface area (Å²) in [5.41, 5.74) is 0.0413. The smallest absolute Gasteiger partial charge is 0.311 e. The van der Waals surface area contributed by atoms with E-state index in [1.54, 1.807) is 0 Å².